The van der Waals surface area contributed by atoms with Gasteiger partial charge in [0.1, 0.15) is 6.04 Å². The number of hydrogen-bond acceptors (Lipinski definition) is 4. The minimum atomic E-state index is -1.06. The highest BCUT2D eigenvalue weighted by molar-refractivity contribution is 6.33. The average Bonchev–Trinajstić information content (AvgIpc) is 2.73. The van der Waals surface area contributed by atoms with E-state index < -0.39 is 24.0 Å². The highest BCUT2D eigenvalue weighted by Gasteiger charge is 2.30. The summed E-state index contributed by atoms with van der Waals surface area (Å²) in [6.07, 6.45) is -0.409. The number of carbonyl (C=O) groups is 3. The van der Waals surface area contributed by atoms with Gasteiger partial charge in [-0.25, -0.2) is 4.79 Å². The third kappa shape index (κ3) is 6.32. The van der Waals surface area contributed by atoms with Gasteiger partial charge in [0.05, 0.1) is 10.7 Å². The molecule has 0 unspecified atom stereocenters. The molecule has 0 radical (unpaired) electrons. The van der Waals surface area contributed by atoms with Gasteiger partial charge in [-0.05, 0) is 37.1 Å². The Bertz CT molecular complexity index is 857. The minimum Gasteiger partial charge on any atom is -0.451 e. The van der Waals surface area contributed by atoms with Crippen LogP contribution in [0.25, 0.3) is 0 Å². The third-order valence-corrected chi connectivity index (χ3v) is 4.91. The first-order valence-corrected chi connectivity index (χ1v) is 9.83. The van der Waals surface area contributed by atoms with Crippen molar-refractivity contribution >= 4 is 35.1 Å². The highest BCUT2D eigenvalue weighted by atomic mass is 35.5. The number of anilines is 1. The molecular formula is C22H25ClN2O4. The predicted octanol–water partition coefficient (Wildman–Crippen LogP) is 4.05. The second kappa shape index (κ2) is 10.6. The number of nitrogens with one attached hydrogen (secondary N) is 2. The van der Waals surface area contributed by atoms with Crippen LogP contribution in [0.5, 0.6) is 0 Å². The van der Waals surface area contributed by atoms with Crippen molar-refractivity contribution in [2.24, 2.45) is 5.92 Å². The first-order chi connectivity index (χ1) is 13.8. The Morgan fingerprint density at radius 3 is 2.24 bits per heavy atom. The van der Waals surface area contributed by atoms with Crippen LogP contribution in [0, 0.1) is 5.92 Å². The largest absolute Gasteiger partial charge is 0.451 e. The second-order valence-corrected chi connectivity index (χ2v) is 7.16. The molecule has 0 saturated carbocycles. The lowest BCUT2D eigenvalue weighted by atomic mass is 9.98. The van der Waals surface area contributed by atoms with Crippen LogP contribution < -0.4 is 10.6 Å². The number of carbonyl (C=O) groups excluding carboxylic acids is 3. The standard InChI is InChI=1S/C22H25ClN2O4/c1-4-14(2)19(25-21(27)16-10-6-5-7-11-16)22(28)29-15(3)20(26)24-18-13-9-8-12-17(18)23/h5-15,19H,4H2,1-3H3,(H,24,26)(H,25,27)/t14-,15+,19-/m0/s1. The Labute approximate surface area is 175 Å². The summed E-state index contributed by atoms with van der Waals surface area (Å²) in [6, 6.07) is 14.5. The van der Waals surface area contributed by atoms with E-state index in [0.29, 0.717) is 22.7 Å². The van der Waals surface area contributed by atoms with E-state index in [-0.39, 0.29) is 11.8 Å². The summed E-state index contributed by atoms with van der Waals surface area (Å²) in [6.45, 7) is 5.22. The van der Waals surface area contributed by atoms with Crippen molar-refractivity contribution in [2.45, 2.75) is 39.3 Å². The molecule has 0 fully saturated rings. The maximum Gasteiger partial charge on any atom is 0.329 e. The number of esters is 1. The fourth-order valence-corrected chi connectivity index (χ4v) is 2.76. The summed E-state index contributed by atoms with van der Waals surface area (Å²) in [4.78, 5) is 37.5. The van der Waals surface area contributed by atoms with E-state index in [4.69, 9.17) is 16.3 Å². The van der Waals surface area contributed by atoms with E-state index in [1.165, 1.54) is 6.92 Å². The first kappa shape index (κ1) is 22.4. The van der Waals surface area contributed by atoms with Gasteiger partial charge in [0.25, 0.3) is 11.8 Å². The summed E-state index contributed by atoms with van der Waals surface area (Å²) in [7, 11) is 0. The molecule has 2 rings (SSSR count). The Balaban J connectivity index is 2.04. The fraction of sp³-hybridized carbons (Fsp3) is 0.318. The minimum absolute atomic E-state index is 0.172. The van der Waals surface area contributed by atoms with Crippen LogP contribution in [0.2, 0.25) is 5.02 Å². The summed E-state index contributed by atoms with van der Waals surface area (Å²) < 4.78 is 5.34. The fourth-order valence-electron chi connectivity index (χ4n) is 2.58. The van der Waals surface area contributed by atoms with Gasteiger partial charge < -0.3 is 15.4 Å². The van der Waals surface area contributed by atoms with E-state index in [1.807, 2.05) is 13.8 Å². The molecule has 2 N–H and O–H groups in total. The van der Waals surface area contributed by atoms with Gasteiger partial charge in [-0.3, -0.25) is 9.59 Å². The van der Waals surface area contributed by atoms with Gasteiger partial charge in [0.2, 0.25) is 0 Å². The lowest BCUT2D eigenvalue weighted by Crippen LogP contribution is -2.47. The summed E-state index contributed by atoms with van der Waals surface area (Å²) in [5.41, 5.74) is 0.871. The van der Waals surface area contributed by atoms with Crippen molar-refractivity contribution in [1.29, 1.82) is 0 Å². The number of ether oxygens (including phenoxy) is 1. The lowest BCUT2D eigenvalue weighted by Gasteiger charge is -2.24. The Hall–Kier alpha value is -2.86. The van der Waals surface area contributed by atoms with E-state index in [0.717, 1.165) is 0 Å². The molecule has 0 aromatic heterocycles. The molecule has 7 heteroatoms. The molecule has 2 aromatic carbocycles. The number of rotatable bonds is 8. The van der Waals surface area contributed by atoms with E-state index in [1.54, 1.807) is 54.6 Å². The Morgan fingerprint density at radius 1 is 1.00 bits per heavy atom. The van der Waals surface area contributed by atoms with Crippen molar-refractivity contribution in [3.63, 3.8) is 0 Å². The summed E-state index contributed by atoms with van der Waals surface area (Å²) in [5.74, 6) is -1.72. The topological polar surface area (TPSA) is 84.5 Å². The van der Waals surface area contributed by atoms with Crippen LogP contribution in [-0.4, -0.2) is 29.9 Å². The normalized spacial score (nSPS) is 13.7. The summed E-state index contributed by atoms with van der Waals surface area (Å²) in [5, 5.41) is 5.73. The van der Waals surface area contributed by atoms with Crippen LogP contribution in [0.3, 0.4) is 0 Å². The Kier molecular flexibility index (Phi) is 8.21. The maximum absolute atomic E-state index is 12.7. The molecule has 0 heterocycles. The number of benzene rings is 2. The zero-order valence-corrected chi connectivity index (χ0v) is 17.4. The number of para-hydroxylation sites is 1. The SMILES string of the molecule is CC[C@H](C)[C@H](NC(=O)c1ccccc1)C(=O)O[C@H](C)C(=O)Nc1ccccc1Cl. The molecule has 0 spiro atoms. The zero-order valence-electron chi connectivity index (χ0n) is 16.6. The molecule has 0 aliphatic carbocycles. The van der Waals surface area contributed by atoms with Gasteiger partial charge in [-0.15, -0.1) is 0 Å². The molecule has 0 saturated heterocycles. The molecular weight excluding hydrogens is 392 g/mol. The number of hydrogen-bond donors (Lipinski definition) is 2. The van der Waals surface area contributed by atoms with Gasteiger partial charge in [-0.2, -0.15) is 0 Å². The van der Waals surface area contributed by atoms with Crippen LogP contribution in [0.15, 0.2) is 54.6 Å². The predicted molar refractivity (Wildman–Crippen MR) is 113 cm³/mol. The van der Waals surface area contributed by atoms with Crippen molar-refractivity contribution < 1.29 is 19.1 Å². The quantitative estimate of drug-likeness (QED) is 0.635. The molecule has 6 nitrogen and oxygen atoms in total. The van der Waals surface area contributed by atoms with E-state index >= 15 is 0 Å². The first-order valence-electron chi connectivity index (χ1n) is 9.45. The molecule has 3 atom stereocenters. The zero-order chi connectivity index (χ0) is 21.4. The third-order valence-electron chi connectivity index (χ3n) is 4.58. The van der Waals surface area contributed by atoms with Gasteiger partial charge >= 0.3 is 5.97 Å². The Morgan fingerprint density at radius 2 is 1.62 bits per heavy atom. The van der Waals surface area contributed by atoms with Crippen LogP contribution in [-0.2, 0) is 14.3 Å². The van der Waals surface area contributed by atoms with Crippen LogP contribution in [0.1, 0.15) is 37.6 Å². The lowest BCUT2D eigenvalue weighted by molar-refractivity contribution is -0.156. The summed E-state index contributed by atoms with van der Waals surface area (Å²) >= 11 is 6.04. The van der Waals surface area contributed by atoms with Crippen molar-refractivity contribution in [3.8, 4) is 0 Å². The number of halogens is 1. The molecule has 0 aliphatic heterocycles. The van der Waals surface area contributed by atoms with Gasteiger partial charge in [-0.1, -0.05) is 62.2 Å². The van der Waals surface area contributed by atoms with E-state index in [9.17, 15) is 14.4 Å². The molecule has 154 valence electrons. The molecule has 2 aromatic rings. The number of amides is 2. The van der Waals surface area contributed by atoms with Gasteiger partial charge in [0, 0.05) is 5.56 Å². The van der Waals surface area contributed by atoms with Crippen LogP contribution in [0.4, 0.5) is 5.69 Å². The highest BCUT2D eigenvalue weighted by Crippen LogP contribution is 2.21. The maximum atomic E-state index is 12.7. The van der Waals surface area contributed by atoms with Gasteiger partial charge in [0.15, 0.2) is 6.10 Å². The molecule has 2 amide bonds. The molecule has 0 bridgehead atoms. The van der Waals surface area contributed by atoms with E-state index in [2.05, 4.69) is 10.6 Å². The van der Waals surface area contributed by atoms with Crippen molar-refractivity contribution in [3.05, 3.63) is 65.2 Å². The second-order valence-electron chi connectivity index (χ2n) is 6.75. The average molecular weight is 417 g/mol. The van der Waals surface area contributed by atoms with Crippen molar-refractivity contribution in [1.82, 2.24) is 5.32 Å². The monoisotopic (exact) mass is 416 g/mol. The van der Waals surface area contributed by atoms with Crippen LogP contribution >= 0.6 is 11.6 Å². The molecule has 0 aliphatic rings. The smallest absolute Gasteiger partial charge is 0.329 e. The molecule has 29 heavy (non-hydrogen) atoms. The van der Waals surface area contributed by atoms with Crippen molar-refractivity contribution in [2.75, 3.05) is 5.32 Å².